The fourth-order valence-corrected chi connectivity index (χ4v) is 2.74. The number of hydrogen-bond donors (Lipinski definition) is 3. The maximum Gasteiger partial charge on any atom is 0.269 e. The van der Waals surface area contributed by atoms with Gasteiger partial charge in [-0.25, -0.2) is 0 Å². The predicted molar refractivity (Wildman–Crippen MR) is 114 cm³/mol. The fraction of sp³-hybridized carbons (Fsp3) is 0.211. The second-order valence-corrected chi connectivity index (χ2v) is 6.85. The molecule has 2 rings (SSSR count). The summed E-state index contributed by atoms with van der Waals surface area (Å²) in [5.74, 6) is 0.480. The molecule has 0 fully saturated rings. The fourth-order valence-electron chi connectivity index (χ4n) is 2.11. The molecule has 0 spiro atoms. The van der Waals surface area contributed by atoms with Crippen LogP contribution in [-0.2, 0) is 0 Å². The van der Waals surface area contributed by atoms with Gasteiger partial charge in [0, 0.05) is 11.1 Å². The lowest BCUT2D eigenvalue weighted by atomic mass is 10.2. The molecular weight excluding hydrogens is 446 g/mol. The van der Waals surface area contributed by atoms with Gasteiger partial charge in [-0.3, -0.25) is 25.8 Å². The third-order valence-electron chi connectivity index (χ3n) is 3.52. The van der Waals surface area contributed by atoms with E-state index in [9.17, 15) is 9.59 Å². The largest absolute Gasteiger partial charge is 0.497 e. The zero-order valence-corrected chi connectivity index (χ0v) is 17.8. The molecule has 7 nitrogen and oxygen atoms in total. The molecule has 28 heavy (non-hydrogen) atoms. The van der Waals surface area contributed by atoms with Gasteiger partial charge in [-0.15, -0.1) is 0 Å². The minimum absolute atomic E-state index is 0.0331. The van der Waals surface area contributed by atoms with Crippen LogP contribution in [0.15, 0.2) is 46.9 Å². The van der Waals surface area contributed by atoms with Gasteiger partial charge in [0.05, 0.1) is 18.2 Å². The monoisotopic (exact) mass is 465 g/mol. The van der Waals surface area contributed by atoms with Gasteiger partial charge in [0.25, 0.3) is 11.8 Å². The van der Waals surface area contributed by atoms with Crippen LogP contribution in [0.25, 0.3) is 0 Å². The Morgan fingerprint density at radius 2 is 1.71 bits per heavy atom. The first-order valence-corrected chi connectivity index (χ1v) is 9.62. The van der Waals surface area contributed by atoms with E-state index in [0.717, 1.165) is 6.42 Å². The van der Waals surface area contributed by atoms with Gasteiger partial charge in [-0.05, 0) is 77.0 Å². The number of rotatable bonds is 6. The van der Waals surface area contributed by atoms with Crippen LogP contribution in [0.5, 0.6) is 11.5 Å². The van der Waals surface area contributed by atoms with E-state index >= 15 is 0 Å². The third-order valence-corrected chi connectivity index (χ3v) is 4.35. The average Bonchev–Trinajstić information content (AvgIpc) is 2.71. The molecule has 9 heteroatoms. The quantitative estimate of drug-likeness (QED) is 0.448. The number of carbonyl (C=O) groups excluding carboxylic acids is 2. The Balaban J connectivity index is 1.87. The van der Waals surface area contributed by atoms with E-state index in [4.69, 9.17) is 21.7 Å². The maximum absolute atomic E-state index is 12.3. The molecule has 0 aliphatic carbocycles. The molecule has 0 aliphatic heterocycles. The molecule has 0 atom stereocenters. The zero-order chi connectivity index (χ0) is 20.5. The Labute approximate surface area is 176 Å². The normalized spacial score (nSPS) is 9.96. The van der Waals surface area contributed by atoms with Crippen LogP contribution in [0.2, 0.25) is 0 Å². The Morgan fingerprint density at radius 1 is 1.04 bits per heavy atom. The average molecular weight is 466 g/mol. The molecule has 0 bridgehead atoms. The highest BCUT2D eigenvalue weighted by Gasteiger charge is 2.12. The second kappa shape index (κ2) is 10.6. The first-order valence-electron chi connectivity index (χ1n) is 8.42. The standard InChI is InChI=1S/C19H20BrN3O4S/c1-3-10-27-16-9-6-13(11-15(16)20)17(24)21-19(28)23-22-18(25)12-4-7-14(26-2)8-5-12/h4-9,11H,3,10H2,1-2H3,(H,22,25)(H2,21,23,24,28). The van der Waals surface area contributed by atoms with E-state index in [0.29, 0.717) is 33.7 Å². The number of amides is 2. The first kappa shape index (κ1) is 21.6. The maximum atomic E-state index is 12.3. The van der Waals surface area contributed by atoms with E-state index in [-0.39, 0.29) is 5.11 Å². The summed E-state index contributed by atoms with van der Waals surface area (Å²) in [7, 11) is 1.54. The molecular formula is C19H20BrN3O4S. The molecule has 0 aromatic heterocycles. The lowest BCUT2D eigenvalue weighted by Crippen LogP contribution is -2.48. The van der Waals surface area contributed by atoms with Crippen molar-refractivity contribution in [1.82, 2.24) is 16.2 Å². The van der Waals surface area contributed by atoms with Crippen molar-refractivity contribution in [1.29, 1.82) is 0 Å². The molecule has 2 aromatic carbocycles. The van der Waals surface area contributed by atoms with Crippen LogP contribution in [0.1, 0.15) is 34.1 Å². The Morgan fingerprint density at radius 3 is 2.32 bits per heavy atom. The van der Waals surface area contributed by atoms with Crippen molar-refractivity contribution in [3.05, 3.63) is 58.1 Å². The van der Waals surface area contributed by atoms with Crippen molar-refractivity contribution in [2.75, 3.05) is 13.7 Å². The van der Waals surface area contributed by atoms with Gasteiger partial charge < -0.3 is 9.47 Å². The van der Waals surface area contributed by atoms with Gasteiger partial charge in [-0.1, -0.05) is 6.92 Å². The number of ether oxygens (including phenoxy) is 2. The Kier molecular flexibility index (Phi) is 8.21. The van der Waals surface area contributed by atoms with Crippen molar-refractivity contribution in [2.45, 2.75) is 13.3 Å². The number of hydrogen-bond acceptors (Lipinski definition) is 5. The van der Waals surface area contributed by atoms with E-state index in [1.54, 1.807) is 49.6 Å². The van der Waals surface area contributed by atoms with Crippen LogP contribution >= 0.6 is 28.1 Å². The molecule has 148 valence electrons. The van der Waals surface area contributed by atoms with Crippen molar-refractivity contribution in [3.63, 3.8) is 0 Å². The highest BCUT2D eigenvalue weighted by Crippen LogP contribution is 2.26. The number of nitrogens with one attached hydrogen (secondary N) is 3. The predicted octanol–water partition coefficient (Wildman–Crippen LogP) is 3.20. The van der Waals surface area contributed by atoms with Gasteiger partial charge in [0.15, 0.2) is 5.11 Å². The van der Waals surface area contributed by atoms with Crippen LogP contribution in [-0.4, -0.2) is 30.6 Å². The molecule has 0 radical (unpaired) electrons. The summed E-state index contributed by atoms with van der Waals surface area (Å²) in [4.78, 5) is 24.4. The lowest BCUT2D eigenvalue weighted by Gasteiger charge is -2.12. The van der Waals surface area contributed by atoms with E-state index < -0.39 is 11.8 Å². The van der Waals surface area contributed by atoms with Crippen molar-refractivity contribution in [3.8, 4) is 11.5 Å². The van der Waals surface area contributed by atoms with Crippen molar-refractivity contribution in [2.24, 2.45) is 0 Å². The summed E-state index contributed by atoms with van der Waals surface area (Å²) < 4.78 is 11.3. The minimum atomic E-state index is -0.418. The highest BCUT2D eigenvalue weighted by atomic mass is 79.9. The molecule has 0 aliphatic rings. The van der Waals surface area contributed by atoms with Crippen LogP contribution in [0.4, 0.5) is 0 Å². The molecule has 0 heterocycles. The van der Waals surface area contributed by atoms with Gasteiger partial charge in [0.2, 0.25) is 0 Å². The summed E-state index contributed by atoms with van der Waals surface area (Å²) >= 11 is 8.42. The van der Waals surface area contributed by atoms with Crippen LogP contribution < -0.4 is 25.6 Å². The summed E-state index contributed by atoms with van der Waals surface area (Å²) in [6.45, 7) is 2.60. The summed E-state index contributed by atoms with van der Waals surface area (Å²) in [5.41, 5.74) is 5.72. The molecule has 0 unspecified atom stereocenters. The third kappa shape index (κ3) is 6.21. The summed E-state index contributed by atoms with van der Waals surface area (Å²) in [5, 5.41) is 2.46. The topological polar surface area (TPSA) is 88.7 Å². The molecule has 2 amide bonds. The second-order valence-electron chi connectivity index (χ2n) is 5.58. The van der Waals surface area contributed by atoms with Gasteiger partial charge in [-0.2, -0.15) is 0 Å². The summed E-state index contributed by atoms with van der Waals surface area (Å²) in [6.07, 6.45) is 0.886. The smallest absolute Gasteiger partial charge is 0.269 e. The number of methoxy groups -OCH3 is 1. The van der Waals surface area contributed by atoms with E-state index in [1.165, 1.54) is 0 Å². The zero-order valence-electron chi connectivity index (χ0n) is 15.4. The highest BCUT2D eigenvalue weighted by molar-refractivity contribution is 9.10. The van der Waals surface area contributed by atoms with Gasteiger partial charge >= 0.3 is 0 Å². The Bertz CT molecular complexity index is 859. The summed E-state index contributed by atoms with van der Waals surface area (Å²) in [6, 6.07) is 11.5. The number of thiocarbonyl (C=S) groups is 1. The number of benzene rings is 2. The number of halogens is 1. The van der Waals surface area contributed by atoms with Crippen molar-refractivity contribution >= 4 is 45.1 Å². The van der Waals surface area contributed by atoms with E-state index in [2.05, 4.69) is 32.1 Å². The molecule has 2 aromatic rings. The van der Waals surface area contributed by atoms with E-state index in [1.807, 2.05) is 6.92 Å². The van der Waals surface area contributed by atoms with Crippen LogP contribution in [0, 0.1) is 0 Å². The first-order chi connectivity index (χ1) is 13.4. The minimum Gasteiger partial charge on any atom is -0.497 e. The number of carbonyl (C=O) groups is 2. The van der Waals surface area contributed by atoms with Crippen LogP contribution in [0.3, 0.4) is 0 Å². The SMILES string of the molecule is CCCOc1ccc(C(=O)NC(=S)NNC(=O)c2ccc(OC)cc2)cc1Br. The molecule has 3 N–H and O–H groups in total. The number of hydrazine groups is 1. The molecule has 0 saturated carbocycles. The lowest BCUT2D eigenvalue weighted by molar-refractivity contribution is 0.0934. The van der Waals surface area contributed by atoms with Gasteiger partial charge in [0.1, 0.15) is 11.5 Å². The van der Waals surface area contributed by atoms with Crippen molar-refractivity contribution < 1.29 is 19.1 Å². The Hall–Kier alpha value is -2.65. The molecule has 0 saturated heterocycles.